The van der Waals surface area contributed by atoms with E-state index >= 15 is 0 Å². The molecular formula is C11H9NO3. The van der Waals surface area contributed by atoms with Gasteiger partial charge in [0.05, 0.1) is 17.7 Å². The van der Waals surface area contributed by atoms with E-state index < -0.39 is 5.97 Å². The maximum Gasteiger partial charge on any atom is 0.339 e. The summed E-state index contributed by atoms with van der Waals surface area (Å²) in [5.74, 6) is -0.716. The number of rotatable bonds is 3. The van der Waals surface area contributed by atoms with Gasteiger partial charge in [0.2, 0.25) is 0 Å². The summed E-state index contributed by atoms with van der Waals surface area (Å²) >= 11 is 0. The third-order valence-electron chi connectivity index (χ3n) is 2.16. The number of nitriles is 1. The lowest BCUT2D eigenvalue weighted by Crippen LogP contribution is -2.04. The molecule has 1 aliphatic rings. The van der Waals surface area contributed by atoms with E-state index in [1.807, 2.05) is 6.07 Å². The molecule has 0 heterocycles. The average molecular weight is 203 g/mol. The molecule has 0 unspecified atom stereocenters. The van der Waals surface area contributed by atoms with E-state index in [4.69, 9.17) is 15.1 Å². The van der Waals surface area contributed by atoms with Crippen LogP contribution in [-0.2, 0) is 0 Å². The second kappa shape index (κ2) is 3.62. The number of hydrogen-bond donors (Lipinski definition) is 1. The number of carbonyl (C=O) groups is 1. The zero-order chi connectivity index (χ0) is 10.8. The van der Waals surface area contributed by atoms with Crippen molar-refractivity contribution in [1.29, 1.82) is 5.26 Å². The molecule has 1 N–H and O–H groups in total. The van der Waals surface area contributed by atoms with Crippen LogP contribution in [0.1, 0.15) is 28.8 Å². The number of aromatic carboxylic acids is 1. The van der Waals surface area contributed by atoms with Gasteiger partial charge in [-0.25, -0.2) is 4.79 Å². The van der Waals surface area contributed by atoms with Gasteiger partial charge >= 0.3 is 5.97 Å². The molecule has 0 radical (unpaired) electrons. The monoisotopic (exact) mass is 203 g/mol. The van der Waals surface area contributed by atoms with Crippen molar-refractivity contribution in [2.24, 2.45) is 0 Å². The van der Waals surface area contributed by atoms with Gasteiger partial charge < -0.3 is 9.84 Å². The number of hydrogen-bond acceptors (Lipinski definition) is 3. The zero-order valence-corrected chi connectivity index (χ0v) is 7.93. The summed E-state index contributed by atoms with van der Waals surface area (Å²) in [7, 11) is 0. The molecule has 0 bridgehead atoms. The molecule has 0 spiro atoms. The standard InChI is InChI=1S/C11H9NO3/c12-6-7-1-4-10(15-8-2-3-8)9(5-7)11(13)14/h1,4-5,8H,2-3H2,(H,13,14). The van der Waals surface area contributed by atoms with Gasteiger partial charge in [0, 0.05) is 0 Å². The third-order valence-corrected chi connectivity index (χ3v) is 2.16. The Morgan fingerprint density at radius 3 is 2.80 bits per heavy atom. The van der Waals surface area contributed by atoms with Gasteiger partial charge in [-0.3, -0.25) is 0 Å². The summed E-state index contributed by atoms with van der Waals surface area (Å²) < 4.78 is 5.43. The Kier molecular flexibility index (Phi) is 2.30. The van der Waals surface area contributed by atoms with Crippen LogP contribution >= 0.6 is 0 Å². The molecule has 4 nitrogen and oxygen atoms in total. The number of carboxylic acids is 1. The summed E-state index contributed by atoms with van der Waals surface area (Å²) in [4.78, 5) is 10.9. The van der Waals surface area contributed by atoms with Gasteiger partial charge in [0.15, 0.2) is 0 Å². The second-order valence-electron chi connectivity index (χ2n) is 3.45. The fourth-order valence-electron chi connectivity index (χ4n) is 1.23. The first-order chi connectivity index (χ1) is 7.20. The molecule has 1 aliphatic carbocycles. The Bertz CT molecular complexity index is 444. The predicted octanol–water partition coefficient (Wildman–Crippen LogP) is 1.80. The first-order valence-corrected chi connectivity index (χ1v) is 4.65. The number of nitrogens with zero attached hydrogens (tertiary/aromatic N) is 1. The van der Waals surface area contributed by atoms with E-state index in [0.29, 0.717) is 11.3 Å². The number of ether oxygens (including phenoxy) is 1. The van der Waals surface area contributed by atoms with Crippen molar-refractivity contribution in [3.63, 3.8) is 0 Å². The summed E-state index contributed by atoms with van der Waals surface area (Å²) in [5.41, 5.74) is 0.386. The highest BCUT2D eigenvalue weighted by Crippen LogP contribution is 2.29. The van der Waals surface area contributed by atoms with E-state index in [9.17, 15) is 4.79 Å². The van der Waals surface area contributed by atoms with Crippen molar-refractivity contribution in [3.8, 4) is 11.8 Å². The smallest absolute Gasteiger partial charge is 0.339 e. The maximum atomic E-state index is 10.9. The summed E-state index contributed by atoms with van der Waals surface area (Å²) in [5, 5.41) is 17.6. The Morgan fingerprint density at radius 2 is 2.27 bits per heavy atom. The lowest BCUT2D eigenvalue weighted by atomic mass is 10.1. The Morgan fingerprint density at radius 1 is 1.53 bits per heavy atom. The van der Waals surface area contributed by atoms with Crippen molar-refractivity contribution >= 4 is 5.97 Å². The number of benzene rings is 1. The molecule has 1 aromatic rings. The maximum absolute atomic E-state index is 10.9. The van der Waals surface area contributed by atoms with Crippen molar-refractivity contribution in [2.75, 3.05) is 0 Å². The van der Waals surface area contributed by atoms with E-state index in [-0.39, 0.29) is 11.7 Å². The molecule has 76 valence electrons. The predicted molar refractivity (Wildman–Crippen MR) is 51.8 cm³/mol. The largest absolute Gasteiger partial charge is 0.490 e. The van der Waals surface area contributed by atoms with E-state index in [0.717, 1.165) is 12.8 Å². The van der Waals surface area contributed by atoms with Crippen molar-refractivity contribution < 1.29 is 14.6 Å². The molecule has 0 aromatic heterocycles. The molecule has 0 atom stereocenters. The first-order valence-electron chi connectivity index (χ1n) is 4.65. The Balaban J connectivity index is 2.35. The summed E-state index contributed by atoms with van der Waals surface area (Å²) in [6.45, 7) is 0. The minimum Gasteiger partial charge on any atom is -0.490 e. The fourth-order valence-corrected chi connectivity index (χ4v) is 1.23. The van der Waals surface area contributed by atoms with Gasteiger partial charge in [-0.2, -0.15) is 5.26 Å². The molecule has 0 amide bonds. The minimum absolute atomic E-state index is 0.0564. The van der Waals surface area contributed by atoms with E-state index in [2.05, 4.69) is 0 Å². The molecule has 1 saturated carbocycles. The van der Waals surface area contributed by atoms with Gasteiger partial charge in [-0.05, 0) is 31.0 Å². The minimum atomic E-state index is -1.07. The molecule has 1 fully saturated rings. The van der Waals surface area contributed by atoms with Crippen molar-refractivity contribution in [2.45, 2.75) is 18.9 Å². The summed E-state index contributed by atoms with van der Waals surface area (Å²) in [6.07, 6.45) is 2.09. The van der Waals surface area contributed by atoms with Crippen molar-refractivity contribution in [3.05, 3.63) is 29.3 Å². The highest BCUT2D eigenvalue weighted by Gasteiger charge is 2.25. The van der Waals surface area contributed by atoms with Crippen molar-refractivity contribution in [1.82, 2.24) is 0 Å². The fraction of sp³-hybridized carbons (Fsp3) is 0.273. The molecule has 0 aliphatic heterocycles. The lowest BCUT2D eigenvalue weighted by molar-refractivity contribution is 0.0692. The Hall–Kier alpha value is -2.02. The first kappa shape index (κ1) is 9.53. The van der Waals surface area contributed by atoms with Crippen LogP contribution in [-0.4, -0.2) is 17.2 Å². The van der Waals surface area contributed by atoms with Crippen LogP contribution in [0.2, 0.25) is 0 Å². The Labute approximate surface area is 86.7 Å². The normalized spacial score (nSPS) is 14.3. The molecule has 1 aromatic carbocycles. The zero-order valence-electron chi connectivity index (χ0n) is 7.93. The molecule has 4 heteroatoms. The van der Waals surface area contributed by atoms with Gasteiger partial charge in [0.25, 0.3) is 0 Å². The molecule has 15 heavy (non-hydrogen) atoms. The number of carboxylic acid groups (broad SMARTS) is 1. The van der Waals surface area contributed by atoms with E-state index in [1.165, 1.54) is 6.07 Å². The van der Waals surface area contributed by atoms with Gasteiger partial charge in [-0.1, -0.05) is 0 Å². The van der Waals surface area contributed by atoms with Gasteiger partial charge in [-0.15, -0.1) is 0 Å². The second-order valence-corrected chi connectivity index (χ2v) is 3.45. The van der Waals surface area contributed by atoms with Crippen LogP contribution in [0.5, 0.6) is 5.75 Å². The van der Waals surface area contributed by atoms with Crippen LogP contribution in [0, 0.1) is 11.3 Å². The summed E-state index contributed by atoms with van der Waals surface area (Å²) in [6, 6.07) is 6.33. The van der Waals surface area contributed by atoms with Crippen LogP contribution in [0.25, 0.3) is 0 Å². The topological polar surface area (TPSA) is 70.3 Å². The molecular weight excluding hydrogens is 194 g/mol. The van der Waals surface area contributed by atoms with Crippen LogP contribution in [0.4, 0.5) is 0 Å². The average Bonchev–Trinajstić information content (AvgIpc) is 3.02. The van der Waals surface area contributed by atoms with E-state index in [1.54, 1.807) is 12.1 Å². The third kappa shape index (κ3) is 2.08. The molecule has 2 rings (SSSR count). The quantitative estimate of drug-likeness (QED) is 0.813. The highest BCUT2D eigenvalue weighted by molar-refractivity contribution is 5.91. The SMILES string of the molecule is N#Cc1ccc(OC2CC2)c(C(=O)O)c1. The molecule has 0 saturated heterocycles. The highest BCUT2D eigenvalue weighted by atomic mass is 16.5. The van der Waals surface area contributed by atoms with Crippen LogP contribution < -0.4 is 4.74 Å². The van der Waals surface area contributed by atoms with Crippen LogP contribution in [0.3, 0.4) is 0 Å². The lowest BCUT2D eigenvalue weighted by Gasteiger charge is -2.07. The van der Waals surface area contributed by atoms with Crippen LogP contribution in [0.15, 0.2) is 18.2 Å². The van der Waals surface area contributed by atoms with Gasteiger partial charge in [0.1, 0.15) is 11.3 Å².